The van der Waals surface area contributed by atoms with E-state index in [-0.39, 0.29) is 49.0 Å². The highest BCUT2D eigenvalue weighted by Gasteiger charge is 2.38. The Morgan fingerprint density at radius 2 is 1.67 bits per heavy atom. The molecule has 3 aromatic rings. The number of benzene rings is 2. The fourth-order valence-electron chi connectivity index (χ4n) is 5.76. The Hall–Kier alpha value is -4.12. The molecule has 0 N–H and O–H groups in total. The van der Waals surface area contributed by atoms with Crippen LogP contribution in [0.4, 0.5) is 4.79 Å². The summed E-state index contributed by atoms with van der Waals surface area (Å²) < 4.78 is 13.9. The summed E-state index contributed by atoms with van der Waals surface area (Å²) in [5.74, 6) is 0.0462. The van der Waals surface area contributed by atoms with Gasteiger partial charge in [0.25, 0.3) is 5.91 Å². The number of aryl methyl sites for hydroxylation is 1. The number of methoxy groups -OCH3 is 1. The molecule has 5 rings (SSSR count). The summed E-state index contributed by atoms with van der Waals surface area (Å²) in [6.45, 7) is 7.37. The van der Waals surface area contributed by atoms with Gasteiger partial charge in [-0.15, -0.1) is 0 Å². The summed E-state index contributed by atoms with van der Waals surface area (Å²) >= 11 is 0. The van der Waals surface area contributed by atoms with Gasteiger partial charge in [0.2, 0.25) is 5.91 Å². The fraction of sp³-hybridized carbons (Fsp3) is 0.484. The molecule has 11 nitrogen and oxygen atoms in total. The standard InChI is InChI=1S/C31H39N5O6/c1-31(2,3)42-30(40)34-16-15-32(4)26(19-34)21-9-12-23-25(17-21)33(5)29(39)36(23)24-13-14-27(37)35(28(24)38)18-20-7-10-22(41-6)11-8-20/h7-12,17,24,26H,13-16,18-19H2,1-6H3. The molecular formula is C31H39N5O6. The van der Waals surface area contributed by atoms with Crippen LogP contribution in [-0.4, -0.2) is 81.1 Å². The molecule has 42 heavy (non-hydrogen) atoms. The van der Waals surface area contributed by atoms with Crippen molar-refractivity contribution < 1.29 is 23.9 Å². The molecule has 0 aliphatic carbocycles. The first-order valence-electron chi connectivity index (χ1n) is 14.2. The average Bonchev–Trinajstić information content (AvgIpc) is 3.19. The van der Waals surface area contributed by atoms with Crippen molar-refractivity contribution in [3.63, 3.8) is 0 Å². The topological polar surface area (TPSA) is 106 Å². The van der Waals surface area contributed by atoms with Crippen molar-refractivity contribution in [2.24, 2.45) is 7.05 Å². The van der Waals surface area contributed by atoms with Gasteiger partial charge in [-0.25, -0.2) is 9.59 Å². The van der Waals surface area contributed by atoms with E-state index >= 15 is 0 Å². The molecule has 2 aliphatic heterocycles. The third-order valence-electron chi connectivity index (χ3n) is 8.09. The first kappa shape index (κ1) is 29.4. The Bertz CT molecular complexity index is 1570. The summed E-state index contributed by atoms with van der Waals surface area (Å²) in [7, 11) is 5.28. The molecule has 0 saturated carbocycles. The normalized spacial score (nSPS) is 20.3. The Labute approximate surface area is 245 Å². The van der Waals surface area contributed by atoms with Gasteiger partial charge in [0.05, 0.1) is 30.7 Å². The van der Waals surface area contributed by atoms with Gasteiger partial charge >= 0.3 is 11.8 Å². The number of ether oxygens (including phenoxy) is 2. The largest absolute Gasteiger partial charge is 0.497 e. The van der Waals surface area contributed by atoms with E-state index < -0.39 is 11.6 Å². The number of piperazine rings is 1. The van der Waals surface area contributed by atoms with Crippen LogP contribution in [0.1, 0.15) is 56.8 Å². The van der Waals surface area contributed by atoms with Crippen LogP contribution in [0.3, 0.4) is 0 Å². The van der Waals surface area contributed by atoms with E-state index in [2.05, 4.69) is 4.90 Å². The lowest BCUT2D eigenvalue weighted by atomic mass is 10.0. The molecule has 11 heteroatoms. The molecule has 2 fully saturated rings. The van der Waals surface area contributed by atoms with Gasteiger partial charge in [-0.05, 0) is 69.6 Å². The summed E-state index contributed by atoms with van der Waals surface area (Å²) in [6.07, 6.45) is 0.0824. The smallest absolute Gasteiger partial charge is 0.410 e. The maximum absolute atomic E-state index is 13.7. The van der Waals surface area contributed by atoms with E-state index in [4.69, 9.17) is 9.47 Å². The SMILES string of the molecule is COc1ccc(CN2C(=O)CCC(n3c(=O)n(C)c4cc(C5CN(C(=O)OC(C)(C)C)CCN5C)ccc43)C2=O)cc1. The highest BCUT2D eigenvalue weighted by molar-refractivity contribution is 6.00. The third-order valence-corrected chi connectivity index (χ3v) is 8.09. The minimum atomic E-state index is -0.789. The lowest BCUT2D eigenvalue weighted by molar-refractivity contribution is -0.151. The van der Waals surface area contributed by atoms with Crippen LogP contribution in [0.5, 0.6) is 5.75 Å². The van der Waals surface area contributed by atoms with E-state index in [0.29, 0.717) is 36.4 Å². The molecule has 2 saturated heterocycles. The van der Waals surface area contributed by atoms with E-state index in [9.17, 15) is 19.2 Å². The first-order chi connectivity index (χ1) is 19.9. The van der Waals surface area contributed by atoms with Crippen LogP contribution in [0.15, 0.2) is 47.3 Å². The number of hydrogen-bond acceptors (Lipinski definition) is 7. The quantitative estimate of drug-likeness (QED) is 0.428. The Morgan fingerprint density at radius 3 is 2.33 bits per heavy atom. The van der Waals surface area contributed by atoms with Crippen LogP contribution in [0, 0.1) is 0 Å². The van der Waals surface area contributed by atoms with Crippen molar-refractivity contribution in [1.82, 2.24) is 23.8 Å². The molecule has 2 unspecified atom stereocenters. The molecule has 3 amide bonds. The van der Waals surface area contributed by atoms with Crippen LogP contribution < -0.4 is 10.4 Å². The minimum absolute atomic E-state index is 0.0944. The first-order valence-corrected chi connectivity index (χ1v) is 14.2. The number of carbonyl (C=O) groups excluding carboxylic acids is 3. The van der Waals surface area contributed by atoms with Crippen LogP contribution in [-0.2, 0) is 27.9 Å². The lowest BCUT2D eigenvalue weighted by Crippen LogP contribution is -2.50. The molecular weight excluding hydrogens is 538 g/mol. The Morgan fingerprint density at radius 1 is 0.952 bits per heavy atom. The van der Waals surface area contributed by atoms with Crippen LogP contribution >= 0.6 is 0 Å². The highest BCUT2D eigenvalue weighted by atomic mass is 16.6. The Kier molecular flexibility index (Phi) is 7.89. The highest BCUT2D eigenvalue weighted by Crippen LogP contribution is 2.31. The summed E-state index contributed by atoms with van der Waals surface area (Å²) in [4.78, 5) is 58.0. The number of rotatable bonds is 5. The molecule has 0 radical (unpaired) electrons. The van der Waals surface area contributed by atoms with Crippen molar-refractivity contribution >= 4 is 28.9 Å². The van der Waals surface area contributed by atoms with Crippen LogP contribution in [0.25, 0.3) is 11.0 Å². The monoisotopic (exact) mass is 577 g/mol. The number of amides is 3. The van der Waals surface area contributed by atoms with E-state index in [0.717, 1.165) is 11.1 Å². The average molecular weight is 578 g/mol. The maximum Gasteiger partial charge on any atom is 0.410 e. The second kappa shape index (κ2) is 11.3. The van der Waals surface area contributed by atoms with Gasteiger partial charge in [0.15, 0.2) is 0 Å². The zero-order valence-electron chi connectivity index (χ0n) is 25.1. The molecule has 3 heterocycles. The number of nitrogens with zero attached hydrogens (tertiary/aromatic N) is 5. The molecule has 0 spiro atoms. The summed E-state index contributed by atoms with van der Waals surface area (Å²) in [5.41, 5.74) is 2.17. The number of carbonyl (C=O) groups is 3. The number of hydrogen-bond donors (Lipinski definition) is 0. The van der Waals surface area contributed by atoms with E-state index in [1.54, 1.807) is 35.8 Å². The van der Waals surface area contributed by atoms with E-state index in [1.165, 1.54) is 9.47 Å². The van der Waals surface area contributed by atoms with E-state index in [1.807, 2.05) is 58.2 Å². The lowest BCUT2D eigenvalue weighted by Gasteiger charge is -2.40. The predicted molar refractivity (Wildman–Crippen MR) is 157 cm³/mol. The summed E-state index contributed by atoms with van der Waals surface area (Å²) in [5, 5.41) is 0. The zero-order valence-corrected chi connectivity index (χ0v) is 25.1. The Balaban J connectivity index is 1.42. The van der Waals surface area contributed by atoms with Gasteiger partial charge < -0.3 is 14.4 Å². The molecule has 0 bridgehead atoms. The zero-order chi connectivity index (χ0) is 30.3. The van der Waals surface area contributed by atoms with Gasteiger partial charge in [0, 0.05) is 33.1 Å². The van der Waals surface area contributed by atoms with Gasteiger partial charge in [-0.2, -0.15) is 0 Å². The molecule has 1 aromatic heterocycles. The number of imide groups is 1. The van der Waals surface area contributed by atoms with Crippen molar-refractivity contribution in [3.05, 3.63) is 64.1 Å². The minimum Gasteiger partial charge on any atom is -0.497 e. The molecule has 2 atom stereocenters. The fourth-order valence-corrected chi connectivity index (χ4v) is 5.76. The van der Waals surface area contributed by atoms with Crippen molar-refractivity contribution in [2.45, 2.75) is 57.8 Å². The number of imidazole rings is 1. The van der Waals surface area contributed by atoms with Crippen molar-refractivity contribution in [2.75, 3.05) is 33.8 Å². The van der Waals surface area contributed by atoms with Crippen molar-refractivity contribution in [1.29, 1.82) is 0 Å². The second-order valence-electron chi connectivity index (χ2n) is 12.1. The number of fused-ring (bicyclic) bond motifs is 1. The van der Waals surface area contributed by atoms with Gasteiger partial charge in [0.1, 0.15) is 17.4 Å². The number of aromatic nitrogens is 2. The van der Waals surface area contributed by atoms with Gasteiger partial charge in [-0.3, -0.25) is 28.5 Å². The number of likely N-dealkylation sites (N-methyl/N-ethyl adjacent to an activating group) is 1. The molecule has 2 aromatic carbocycles. The molecule has 224 valence electrons. The third kappa shape index (κ3) is 5.65. The predicted octanol–water partition coefficient (Wildman–Crippen LogP) is 3.46. The van der Waals surface area contributed by atoms with Gasteiger partial charge in [-0.1, -0.05) is 18.2 Å². The summed E-state index contributed by atoms with van der Waals surface area (Å²) in [6, 6.07) is 12.1. The number of piperidine rings is 1. The van der Waals surface area contributed by atoms with Crippen molar-refractivity contribution in [3.8, 4) is 5.75 Å². The van der Waals surface area contributed by atoms with Crippen LogP contribution in [0.2, 0.25) is 0 Å². The molecule has 2 aliphatic rings. The second-order valence-corrected chi connectivity index (χ2v) is 12.1. The maximum atomic E-state index is 13.7. The number of likely N-dealkylation sites (tertiary alicyclic amines) is 1.